The largest absolute Gasteiger partial charge is 0.497 e. The lowest BCUT2D eigenvalue weighted by Crippen LogP contribution is -2.42. The lowest BCUT2D eigenvalue weighted by atomic mass is 10.0. The predicted molar refractivity (Wildman–Crippen MR) is 125 cm³/mol. The van der Waals surface area contributed by atoms with Crippen molar-refractivity contribution >= 4 is 22.7 Å². The Labute approximate surface area is 181 Å². The topological polar surface area (TPSA) is 53.5 Å². The SMILES string of the molecule is COc1ccc2nc(N3CCCC[C@@H](C)C3)nc(NC3CCN(C(C)C)CC3)c2c1. The molecule has 1 aromatic heterocycles. The molecule has 3 heterocycles. The van der Waals surface area contributed by atoms with E-state index in [4.69, 9.17) is 14.7 Å². The van der Waals surface area contributed by atoms with Gasteiger partial charge in [0.25, 0.3) is 0 Å². The Morgan fingerprint density at radius 2 is 1.87 bits per heavy atom. The number of nitrogens with one attached hydrogen (secondary N) is 1. The van der Waals surface area contributed by atoms with Crippen LogP contribution in [0.2, 0.25) is 0 Å². The highest BCUT2D eigenvalue weighted by Crippen LogP contribution is 2.30. The molecular formula is C24H37N5O. The van der Waals surface area contributed by atoms with Crippen LogP contribution in [0.1, 0.15) is 52.9 Å². The van der Waals surface area contributed by atoms with Gasteiger partial charge in [0.05, 0.1) is 12.6 Å². The van der Waals surface area contributed by atoms with E-state index in [-0.39, 0.29) is 0 Å². The standard InChI is InChI=1S/C24H37N5O/c1-17(2)28-13-10-19(11-14-28)25-23-21-15-20(30-4)8-9-22(21)26-24(27-23)29-12-6-5-7-18(3)16-29/h8-9,15,17-19H,5-7,10-14,16H2,1-4H3,(H,25,26,27)/t18-/m1/s1. The molecule has 1 atom stereocenters. The zero-order chi connectivity index (χ0) is 21.1. The summed E-state index contributed by atoms with van der Waals surface area (Å²) in [5.41, 5.74) is 0.986. The minimum absolute atomic E-state index is 0.445. The molecule has 0 spiro atoms. The molecule has 0 saturated carbocycles. The summed E-state index contributed by atoms with van der Waals surface area (Å²) in [6.45, 7) is 11.3. The van der Waals surface area contributed by atoms with Crippen LogP contribution in [0.4, 0.5) is 11.8 Å². The smallest absolute Gasteiger partial charge is 0.227 e. The van der Waals surface area contributed by atoms with Crippen molar-refractivity contribution < 1.29 is 4.74 Å². The molecule has 1 N–H and O–H groups in total. The summed E-state index contributed by atoms with van der Waals surface area (Å²) in [5, 5.41) is 4.83. The van der Waals surface area contributed by atoms with Crippen LogP contribution in [0.3, 0.4) is 0 Å². The van der Waals surface area contributed by atoms with E-state index in [0.29, 0.717) is 18.0 Å². The third-order valence-corrected chi connectivity index (χ3v) is 6.68. The Hall–Kier alpha value is -2.08. The lowest BCUT2D eigenvalue weighted by molar-refractivity contribution is 0.177. The number of methoxy groups -OCH3 is 1. The third kappa shape index (κ3) is 4.80. The molecule has 0 unspecified atom stereocenters. The van der Waals surface area contributed by atoms with Crippen LogP contribution in [-0.2, 0) is 0 Å². The number of aromatic nitrogens is 2. The van der Waals surface area contributed by atoms with Crippen molar-refractivity contribution in [2.75, 3.05) is 43.5 Å². The van der Waals surface area contributed by atoms with E-state index in [0.717, 1.165) is 67.4 Å². The molecule has 2 saturated heterocycles. The fraction of sp³-hybridized carbons (Fsp3) is 0.667. The van der Waals surface area contributed by atoms with Crippen molar-refractivity contribution in [1.82, 2.24) is 14.9 Å². The van der Waals surface area contributed by atoms with Crippen molar-refractivity contribution in [3.8, 4) is 5.75 Å². The van der Waals surface area contributed by atoms with Gasteiger partial charge in [0, 0.05) is 43.6 Å². The second kappa shape index (κ2) is 9.38. The monoisotopic (exact) mass is 411 g/mol. The van der Waals surface area contributed by atoms with Gasteiger partial charge in [-0.2, -0.15) is 4.98 Å². The average Bonchev–Trinajstić information content (AvgIpc) is 2.98. The molecule has 0 aliphatic carbocycles. The van der Waals surface area contributed by atoms with Gasteiger partial charge in [0.15, 0.2) is 0 Å². The molecule has 0 bridgehead atoms. The summed E-state index contributed by atoms with van der Waals surface area (Å²) in [7, 11) is 1.71. The van der Waals surface area contributed by atoms with Gasteiger partial charge in [-0.25, -0.2) is 4.98 Å². The summed E-state index contributed by atoms with van der Waals surface area (Å²) >= 11 is 0. The van der Waals surface area contributed by atoms with E-state index in [2.05, 4.69) is 48.0 Å². The van der Waals surface area contributed by atoms with Gasteiger partial charge in [-0.3, -0.25) is 0 Å². The quantitative estimate of drug-likeness (QED) is 0.779. The highest BCUT2D eigenvalue weighted by atomic mass is 16.5. The maximum Gasteiger partial charge on any atom is 0.227 e. The van der Waals surface area contributed by atoms with E-state index in [9.17, 15) is 0 Å². The molecule has 2 aliphatic rings. The molecule has 4 rings (SSSR count). The number of rotatable bonds is 5. The molecule has 1 aromatic carbocycles. The molecule has 2 fully saturated rings. The van der Waals surface area contributed by atoms with E-state index < -0.39 is 0 Å². The molecule has 6 nitrogen and oxygen atoms in total. The molecule has 2 aromatic rings. The molecule has 2 aliphatic heterocycles. The number of anilines is 2. The van der Waals surface area contributed by atoms with E-state index in [1.807, 2.05) is 6.07 Å². The van der Waals surface area contributed by atoms with Crippen molar-refractivity contribution in [1.29, 1.82) is 0 Å². The second-order valence-corrected chi connectivity index (χ2v) is 9.35. The average molecular weight is 412 g/mol. The first-order valence-electron chi connectivity index (χ1n) is 11.6. The van der Waals surface area contributed by atoms with Crippen LogP contribution in [0.5, 0.6) is 5.75 Å². The summed E-state index contributed by atoms with van der Waals surface area (Å²) < 4.78 is 5.48. The number of nitrogens with zero attached hydrogens (tertiary/aromatic N) is 4. The number of piperidine rings is 1. The molecule has 0 amide bonds. The number of hydrogen-bond donors (Lipinski definition) is 1. The first kappa shape index (κ1) is 21.2. The fourth-order valence-electron chi connectivity index (χ4n) is 4.76. The summed E-state index contributed by atoms with van der Waals surface area (Å²) in [5.74, 6) is 3.34. The maximum absolute atomic E-state index is 5.48. The molecule has 164 valence electrons. The number of hydrogen-bond acceptors (Lipinski definition) is 6. The van der Waals surface area contributed by atoms with E-state index >= 15 is 0 Å². The van der Waals surface area contributed by atoms with Crippen molar-refractivity contribution in [2.45, 2.75) is 65.0 Å². The van der Waals surface area contributed by atoms with Gasteiger partial charge in [0.1, 0.15) is 11.6 Å². The van der Waals surface area contributed by atoms with Gasteiger partial charge >= 0.3 is 0 Å². The highest BCUT2D eigenvalue weighted by molar-refractivity contribution is 5.91. The van der Waals surface area contributed by atoms with E-state index in [1.165, 1.54) is 19.3 Å². The lowest BCUT2D eigenvalue weighted by Gasteiger charge is -2.35. The fourth-order valence-corrected chi connectivity index (χ4v) is 4.76. The summed E-state index contributed by atoms with van der Waals surface area (Å²) in [6.07, 6.45) is 6.08. The Kier molecular flexibility index (Phi) is 6.61. The zero-order valence-electron chi connectivity index (χ0n) is 19.0. The number of fused-ring (bicyclic) bond motifs is 1. The summed E-state index contributed by atoms with van der Waals surface area (Å²) in [4.78, 5) is 15.0. The first-order valence-corrected chi connectivity index (χ1v) is 11.6. The predicted octanol–water partition coefficient (Wildman–Crippen LogP) is 4.55. The van der Waals surface area contributed by atoms with Gasteiger partial charge < -0.3 is 19.9 Å². The minimum Gasteiger partial charge on any atom is -0.497 e. The Morgan fingerprint density at radius 3 is 2.60 bits per heavy atom. The zero-order valence-corrected chi connectivity index (χ0v) is 19.0. The maximum atomic E-state index is 5.48. The Balaban J connectivity index is 1.63. The minimum atomic E-state index is 0.445. The van der Waals surface area contributed by atoms with Crippen LogP contribution in [0, 0.1) is 5.92 Å². The molecular weight excluding hydrogens is 374 g/mol. The first-order chi connectivity index (χ1) is 14.5. The van der Waals surface area contributed by atoms with E-state index in [1.54, 1.807) is 7.11 Å². The Morgan fingerprint density at radius 1 is 1.07 bits per heavy atom. The summed E-state index contributed by atoms with van der Waals surface area (Å²) in [6, 6.07) is 7.18. The van der Waals surface area contributed by atoms with Gasteiger partial charge in [-0.05, 0) is 63.6 Å². The van der Waals surface area contributed by atoms with Gasteiger partial charge in [-0.15, -0.1) is 0 Å². The van der Waals surface area contributed by atoms with Crippen LogP contribution in [0.15, 0.2) is 18.2 Å². The van der Waals surface area contributed by atoms with Crippen LogP contribution in [0.25, 0.3) is 10.9 Å². The van der Waals surface area contributed by atoms with Crippen LogP contribution in [-0.4, -0.2) is 60.2 Å². The molecule has 0 radical (unpaired) electrons. The highest BCUT2D eigenvalue weighted by Gasteiger charge is 2.23. The second-order valence-electron chi connectivity index (χ2n) is 9.35. The Bertz CT molecular complexity index is 847. The third-order valence-electron chi connectivity index (χ3n) is 6.68. The number of likely N-dealkylation sites (tertiary alicyclic amines) is 1. The molecule has 6 heteroatoms. The van der Waals surface area contributed by atoms with Gasteiger partial charge in [0.2, 0.25) is 5.95 Å². The van der Waals surface area contributed by atoms with Crippen molar-refractivity contribution in [2.24, 2.45) is 5.92 Å². The van der Waals surface area contributed by atoms with Crippen LogP contribution >= 0.6 is 0 Å². The van der Waals surface area contributed by atoms with Crippen molar-refractivity contribution in [3.63, 3.8) is 0 Å². The van der Waals surface area contributed by atoms with Crippen molar-refractivity contribution in [3.05, 3.63) is 18.2 Å². The number of benzene rings is 1. The van der Waals surface area contributed by atoms with Crippen LogP contribution < -0.4 is 15.0 Å². The normalized spacial score (nSPS) is 21.8. The number of ether oxygens (including phenoxy) is 1. The molecule has 30 heavy (non-hydrogen) atoms. The van der Waals surface area contributed by atoms with Gasteiger partial charge in [-0.1, -0.05) is 13.3 Å².